The average Bonchev–Trinajstić information content (AvgIpc) is 2.66. The van der Waals surface area contributed by atoms with Crippen LogP contribution in [-0.2, 0) is 14.8 Å². The number of carbonyl (C=O) groups is 1. The zero-order valence-electron chi connectivity index (χ0n) is 14.9. The zero-order valence-corrected chi connectivity index (χ0v) is 15.8. The Morgan fingerprint density at radius 2 is 1.92 bits per heavy atom. The van der Waals surface area contributed by atoms with Crippen LogP contribution < -0.4 is 19.7 Å². The van der Waals surface area contributed by atoms with Crippen molar-refractivity contribution < 1.29 is 27.6 Å². The number of quaternary nitrogens is 1. The molecule has 0 aromatic heterocycles. The largest absolute Gasteiger partial charge is 0.493 e. The van der Waals surface area contributed by atoms with Gasteiger partial charge in [0.05, 0.1) is 51.8 Å². The number of rotatable bonds is 7. The van der Waals surface area contributed by atoms with Crippen LogP contribution in [0.4, 0.5) is 0 Å². The minimum atomic E-state index is -3.63. The number of sulfonamides is 1. The van der Waals surface area contributed by atoms with Gasteiger partial charge in [0.25, 0.3) is 5.91 Å². The molecule has 0 radical (unpaired) electrons. The summed E-state index contributed by atoms with van der Waals surface area (Å²) in [6.45, 7) is 2.27. The van der Waals surface area contributed by atoms with Gasteiger partial charge >= 0.3 is 0 Å². The van der Waals surface area contributed by atoms with Crippen molar-refractivity contribution in [3.8, 4) is 23.8 Å². The maximum Gasteiger partial charge on any atom is 0.275 e. The second kappa shape index (κ2) is 8.89. The minimum Gasteiger partial charge on any atom is -0.493 e. The van der Waals surface area contributed by atoms with E-state index in [-0.39, 0.29) is 23.9 Å². The van der Waals surface area contributed by atoms with Gasteiger partial charge in [-0.25, -0.2) is 8.42 Å². The lowest BCUT2D eigenvalue weighted by atomic mass is 10.3. The number of nitrogens with one attached hydrogen (secondary N) is 2. The van der Waals surface area contributed by atoms with Crippen molar-refractivity contribution >= 4 is 15.9 Å². The standard InChI is InChI=1S/C17H23N3O5S/c1-4-7-18-17(21)13-19-8-10-20(11-9-19)26(22,23)14-5-6-15(24-2)16(12-14)25-3/h1,5-6,12H,7-11,13H2,2-3H3,(H,18,21)/p+1. The Morgan fingerprint density at radius 3 is 2.50 bits per heavy atom. The molecule has 8 nitrogen and oxygen atoms in total. The molecule has 1 fully saturated rings. The molecule has 1 amide bonds. The van der Waals surface area contributed by atoms with E-state index in [1.807, 2.05) is 0 Å². The van der Waals surface area contributed by atoms with Gasteiger partial charge in [0, 0.05) is 6.07 Å². The highest BCUT2D eigenvalue weighted by molar-refractivity contribution is 7.89. The molecule has 142 valence electrons. The molecule has 1 aromatic carbocycles. The number of nitrogens with zero attached hydrogens (tertiary/aromatic N) is 1. The molecular formula is C17H24N3O5S+. The van der Waals surface area contributed by atoms with E-state index in [4.69, 9.17) is 15.9 Å². The average molecular weight is 382 g/mol. The van der Waals surface area contributed by atoms with E-state index < -0.39 is 10.0 Å². The molecule has 0 spiro atoms. The van der Waals surface area contributed by atoms with Gasteiger partial charge in [-0.15, -0.1) is 6.42 Å². The second-order valence-electron chi connectivity index (χ2n) is 5.83. The van der Waals surface area contributed by atoms with Crippen LogP contribution in [0.1, 0.15) is 0 Å². The van der Waals surface area contributed by atoms with Crippen molar-refractivity contribution in [2.45, 2.75) is 4.90 Å². The molecule has 2 rings (SSSR count). The van der Waals surface area contributed by atoms with Gasteiger partial charge in [-0.3, -0.25) is 4.79 Å². The second-order valence-corrected chi connectivity index (χ2v) is 7.77. The molecule has 1 aliphatic rings. The number of piperazine rings is 1. The summed E-state index contributed by atoms with van der Waals surface area (Å²) in [5, 5.41) is 2.62. The molecule has 9 heteroatoms. The summed E-state index contributed by atoms with van der Waals surface area (Å²) in [5.41, 5.74) is 0. The van der Waals surface area contributed by atoms with Crippen molar-refractivity contribution in [1.82, 2.24) is 9.62 Å². The van der Waals surface area contributed by atoms with E-state index in [0.717, 1.165) is 4.90 Å². The molecule has 1 heterocycles. The maximum absolute atomic E-state index is 12.8. The summed E-state index contributed by atoms with van der Waals surface area (Å²) in [4.78, 5) is 12.9. The van der Waals surface area contributed by atoms with Crippen LogP contribution in [0, 0.1) is 12.3 Å². The van der Waals surface area contributed by atoms with Gasteiger partial charge in [-0.05, 0) is 12.1 Å². The topological polar surface area (TPSA) is 89.4 Å². The van der Waals surface area contributed by atoms with Crippen LogP contribution in [-0.4, -0.2) is 72.1 Å². The molecule has 1 saturated heterocycles. The van der Waals surface area contributed by atoms with Crippen LogP contribution in [0.15, 0.2) is 23.1 Å². The number of hydrogen-bond donors (Lipinski definition) is 2. The van der Waals surface area contributed by atoms with E-state index in [0.29, 0.717) is 37.7 Å². The van der Waals surface area contributed by atoms with Crippen LogP contribution >= 0.6 is 0 Å². The van der Waals surface area contributed by atoms with Gasteiger partial charge in [0.15, 0.2) is 18.0 Å². The lowest BCUT2D eigenvalue weighted by Gasteiger charge is -2.31. The van der Waals surface area contributed by atoms with E-state index in [1.54, 1.807) is 6.07 Å². The number of methoxy groups -OCH3 is 2. The van der Waals surface area contributed by atoms with Gasteiger partial charge in [0.2, 0.25) is 10.0 Å². The van der Waals surface area contributed by atoms with Crippen molar-refractivity contribution in [1.29, 1.82) is 0 Å². The first-order valence-corrected chi connectivity index (χ1v) is 9.62. The minimum absolute atomic E-state index is 0.130. The van der Waals surface area contributed by atoms with Crippen molar-refractivity contribution in [3.63, 3.8) is 0 Å². The van der Waals surface area contributed by atoms with Crippen LogP contribution in [0.5, 0.6) is 11.5 Å². The molecule has 0 aliphatic carbocycles. The molecule has 0 atom stereocenters. The quantitative estimate of drug-likeness (QED) is 0.551. The summed E-state index contributed by atoms with van der Waals surface area (Å²) in [5.74, 6) is 3.06. The van der Waals surface area contributed by atoms with Gasteiger partial charge < -0.3 is 19.7 Å². The van der Waals surface area contributed by atoms with Crippen molar-refractivity contribution in [3.05, 3.63) is 18.2 Å². The predicted octanol–water partition coefficient (Wildman–Crippen LogP) is -1.66. The van der Waals surface area contributed by atoms with E-state index in [9.17, 15) is 13.2 Å². The van der Waals surface area contributed by atoms with Crippen LogP contribution in [0.2, 0.25) is 0 Å². The fraction of sp³-hybridized carbons (Fsp3) is 0.471. The van der Waals surface area contributed by atoms with Gasteiger partial charge in [0.1, 0.15) is 0 Å². The van der Waals surface area contributed by atoms with Crippen LogP contribution in [0.3, 0.4) is 0 Å². The summed E-state index contributed by atoms with van der Waals surface area (Å²) < 4.78 is 37.4. The highest BCUT2D eigenvalue weighted by atomic mass is 32.2. The first kappa shape index (κ1) is 20.0. The summed E-state index contributed by atoms with van der Waals surface area (Å²) in [6.07, 6.45) is 5.11. The summed E-state index contributed by atoms with van der Waals surface area (Å²) in [6, 6.07) is 4.53. The fourth-order valence-electron chi connectivity index (χ4n) is 2.78. The molecule has 0 unspecified atom stereocenters. The molecule has 2 N–H and O–H groups in total. The Kier molecular flexibility index (Phi) is 6.85. The van der Waals surface area contributed by atoms with Crippen LogP contribution in [0.25, 0.3) is 0 Å². The summed E-state index contributed by atoms with van der Waals surface area (Å²) >= 11 is 0. The predicted molar refractivity (Wildman–Crippen MR) is 95.7 cm³/mol. The first-order chi connectivity index (χ1) is 12.4. The third-order valence-corrected chi connectivity index (χ3v) is 6.12. The number of amides is 1. The molecular weight excluding hydrogens is 358 g/mol. The smallest absolute Gasteiger partial charge is 0.275 e. The Hall–Kier alpha value is -2.28. The fourth-order valence-corrected chi connectivity index (χ4v) is 4.24. The highest BCUT2D eigenvalue weighted by Gasteiger charge is 2.31. The van der Waals surface area contributed by atoms with Crippen molar-refractivity contribution in [2.75, 3.05) is 53.5 Å². The molecule has 0 saturated carbocycles. The van der Waals surface area contributed by atoms with Crippen molar-refractivity contribution in [2.24, 2.45) is 0 Å². The SMILES string of the molecule is C#CCNC(=O)C[NH+]1CCN(S(=O)(=O)c2ccc(OC)c(OC)c2)CC1. The molecule has 1 aliphatic heterocycles. The maximum atomic E-state index is 12.8. The molecule has 26 heavy (non-hydrogen) atoms. The number of terminal acetylenes is 1. The monoisotopic (exact) mass is 382 g/mol. The Morgan fingerprint density at radius 1 is 1.27 bits per heavy atom. The Balaban J connectivity index is 2.02. The number of benzene rings is 1. The van der Waals surface area contributed by atoms with E-state index in [2.05, 4.69) is 11.2 Å². The Labute approximate surface area is 154 Å². The number of ether oxygens (including phenoxy) is 2. The zero-order chi connectivity index (χ0) is 19.2. The van der Waals surface area contributed by atoms with E-state index in [1.165, 1.54) is 30.7 Å². The third kappa shape index (κ3) is 4.66. The van der Waals surface area contributed by atoms with E-state index >= 15 is 0 Å². The normalized spacial score (nSPS) is 15.9. The first-order valence-electron chi connectivity index (χ1n) is 8.18. The highest BCUT2D eigenvalue weighted by Crippen LogP contribution is 2.30. The molecule has 0 bridgehead atoms. The van der Waals surface area contributed by atoms with Gasteiger partial charge in [-0.1, -0.05) is 5.92 Å². The third-order valence-electron chi connectivity index (χ3n) is 4.22. The lowest BCUT2D eigenvalue weighted by Crippen LogP contribution is -3.15. The lowest BCUT2D eigenvalue weighted by molar-refractivity contribution is -0.895. The number of hydrogen-bond acceptors (Lipinski definition) is 5. The number of carbonyl (C=O) groups excluding carboxylic acids is 1. The Bertz CT molecular complexity index is 780. The van der Waals surface area contributed by atoms with Gasteiger partial charge in [-0.2, -0.15) is 4.31 Å². The summed E-state index contributed by atoms with van der Waals surface area (Å²) in [7, 11) is -0.675. The molecule has 1 aromatic rings.